The number of amides is 1. The summed E-state index contributed by atoms with van der Waals surface area (Å²) in [4.78, 5) is 20.3. The Kier molecular flexibility index (Phi) is 2.51. The summed E-state index contributed by atoms with van der Waals surface area (Å²) < 4.78 is 0. The zero-order chi connectivity index (χ0) is 12.7. The summed E-state index contributed by atoms with van der Waals surface area (Å²) >= 11 is 0. The Labute approximate surface area is 106 Å². The molecule has 2 atom stereocenters. The molecule has 18 heavy (non-hydrogen) atoms. The van der Waals surface area contributed by atoms with Gasteiger partial charge in [-0.15, -0.1) is 0 Å². The maximum absolute atomic E-state index is 12.0. The van der Waals surface area contributed by atoms with Gasteiger partial charge in [0.25, 0.3) is 0 Å². The lowest BCUT2D eigenvalue weighted by Crippen LogP contribution is -2.43. The Morgan fingerprint density at radius 2 is 2.33 bits per heavy atom. The second-order valence-electron chi connectivity index (χ2n) is 4.88. The first-order valence-corrected chi connectivity index (χ1v) is 6.14. The summed E-state index contributed by atoms with van der Waals surface area (Å²) in [6.45, 7) is 2.18. The number of hydrogen-bond acceptors (Lipinski definition) is 2. The molecule has 0 saturated heterocycles. The zero-order valence-corrected chi connectivity index (χ0v) is 10.5. The van der Waals surface area contributed by atoms with E-state index in [1.54, 1.807) is 7.05 Å². The van der Waals surface area contributed by atoms with Crippen LogP contribution in [0, 0.1) is 11.8 Å². The van der Waals surface area contributed by atoms with Gasteiger partial charge >= 0.3 is 0 Å². The monoisotopic (exact) mass is 241 g/mol. The van der Waals surface area contributed by atoms with Crippen LogP contribution in [-0.2, 0) is 4.79 Å². The fourth-order valence-corrected chi connectivity index (χ4v) is 2.50. The molecule has 3 rings (SSSR count). The van der Waals surface area contributed by atoms with Gasteiger partial charge in [-0.1, -0.05) is 25.2 Å². The average molecular weight is 241 g/mol. The van der Waals surface area contributed by atoms with Crippen LogP contribution < -0.4 is 5.32 Å². The van der Waals surface area contributed by atoms with Crippen LogP contribution in [0.4, 0.5) is 0 Å². The van der Waals surface area contributed by atoms with Gasteiger partial charge in [0.2, 0.25) is 11.9 Å². The van der Waals surface area contributed by atoms with Crippen LogP contribution in [0.25, 0.3) is 0 Å². The molecule has 1 amide bonds. The van der Waals surface area contributed by atoms with Gasteiger partial charge in [0.15, 0.2) is 0 Å². The third kappa shape index (κ3) is 1.74. The summed E-state index contributed by atoms with van der Waals surface area (Å²) in [6.07, 6.45) is 9.35. The minimum atomic E-state index is -0.257. The number of guanidine groups is 1. The summed E-state index contributed by atoms with van der Waals surface area (Å²) in [6, 6.07) is 0. The molecule has 0 radical (unpaired) electrons. The molecule has 3 aliphatic rings. The molecule has 4 heteroatoms. The fraction of sp³-hybridized carbons (Fsp3) is 0.357. The second-order valence-corrected chi connectivity index (χ2v) is 4.88. The second kappa shape index (κ2) is 4.05. The van der Waals surface area contributed by atoms with Crippen molar-refractivity contribution in [1.82, 2.24) is 5.32 Å². The van der Waals surface area contributed by atoms with Gasteiger partial charge in [0.1, 0.15) is 0 Å². The van der Waals surface area contributed by atoms with Crippen molar-refractivity contribution in [2.45, 2.75) is 13.3 Å². The molecule has 0 aromatic rings. The number of fused-ring (bicyclic) bond motifs is 2. The van der Waals surface area contributed by atoms with Crippen molar-refractivity contribution in [3.05, 3.63) is 35.5 Å². The van der Waals surface area contributed by atoms with Crippen LogP contribution in [0.15, 0.2) is 45.4 Å². The first-order chi connectivity index (χ1) is 8.67. The lowest BCUT2D eigenvalue weighted by atomic mass is 9.80. The van der Waals surface area contributed by atoms with Gasteiger partial charge in [-0.05, 0) is 29.6 Å². The predicted octanol–water partition coefficient (Wildman–Crippen LogP) is 1.62. The van der Waals surface area contributed by atoms with E-state index < -0.39 is 0 Å². The Morgan fingerprint density at radius 1 is 1.50 bits per heavy atom. The van der Waals surface area contributed by atoms with Crippen molar-refractivity contribution in [2.24, 2.45) is 21.8 Å². The lowest BCUT2D eigenvalue weighted by Gasteiger charge is -2.27. The number of carbonyl (C=O) groups excluding carboxylic acids is 1. The van der Waals surface area contributed by atoms with E-state index in [2.05, 4.69) is 34.4 Å². The molecule has 0 spiro atoms. The van der Waals surface area contributed by atoms with Gasteiger partial charge < -0.3 is 0 Å². The minimum Gasteiger partial charge on any atom is -0.294 e. The SMILES string of the molecule is CN=C1N=C2C=C3C=CC(C)CC3=CC2C(=O)N1. The molecule has 2 aliphatic carbocycles. The van der Waals surface area contributed by atoms with E-state index in [0.29, 0.717) is 11.9 Å². The molecule has 92 valence electrons. The van der Waals surface area contributed by atoms with Gasteiger partial charge in [-0.25, -0.2) is 4.99 Å². The first kappa shape index (κ1) is 11.1. The largest absolute Gasteiger partial charge is 0.294 e. The van der Waals surface area contributed by atoms with Crippen molar-refractivity contribution in [2.75, 3.05) is 7.05 Å². The molecular formula is C14H15N3O. The number of nitrogens with one attached hydrogen (secondary N) is 1. The smallest absolute Gasteiger partial charge is 0.239 e. The number of carbonyl (C=O) groups is 1. The van der Waals surface area contributed by atoms with Crippen LogP contribution in [0.2, 0.25) is 0 Å². The molecule has 0 aromatic carbocycles. The lowest BCUT2D eigenvalue weighted by molar-refractivity contribution is -0.120. The first-order valence-electron chi connectivity index (χ1n) is 6.14. The summed E-state index contributed by atoms with van der Waals surface area (Å²) in [5.41, 5.74) is 3.21. The van der Waals surface area contributed by atoms with Crippen LogP contribution in [0.3, 0.4) is 0 Å². The number of rotatable bonds is 0. The van der Waals surface area contributed by atoms with E-state index in [1.807, 2.05) is 12.2 Å². The van der Waals surface area contributed by atoms with Gasteiger partial charge in [0, 0.05) is 7.05 Å². The Bertz CT molecular complexity index is 564. The number of aliphatic imine (C=N–C) groups is 2. The number of allylic oxidation sites excluding steroid dienone is 5. The maximum atomic E-state index is 12.0. The molecule has 0 bridgehead atoms. The molecule has 4 nitrogen and oxygen atoms in total. The van der Waals surface area contributed by atoms with Crippen molar-refractivity contribution in [1.29, 1.82) is 0 Å². The highest BCUT2D eigenvalue weighted by Gasteiger charge is 2.31. The highest BCUT2D eigenvalue weighted by atomic mass is 16.2. The van der Waals surface area contributed by atoms with Crippen molar-refractivity contribution in [3.63, 3.8) is 0 Å². The Balaban J connectivity index is 2.06. The quantitative estimate of drug-likeness (QED) is 0.688. The van der Waals surface area contributed by atoms with Crippen LogP contribution >= 0.6 is 0 Å². The number of nitrogens with zero attached hydrogens (tertiary/aromatic N) is 2. The Morgan fingerprint density at radius 3 is 3.11 bits per heavy atom. The van der Waals surface area contributed by atoms with E-state index in [0.717, 1.165) is 12.1 Å². The van der Waals surface area contributed by atoms with Gasteiger partial charge in [-0.3, -0.25) is 15.1 Å². The van der Waals surface area contributed by atoms with E-state index in [9.17, 15) is 4.79 Å². The topological polar surface area (TPSA) is 53.8 Å². The molecule has 0 aromatic heterocycles. The van der Waals surface area contributed by atoms with Gasteiger partial charge in [-0.2, -0.15) is 0 Å². The van der Waals surface area contributed by atoms with Crippen LogP contribution in [-0.4, -0.2) is 24.6 Å². The molecule has 2 unspecified atom stereocenters. The minimum absolute atomic E-state index is 0.0365. The Hall–Kier alpha value is -1.97. The van der Waals surface area contributed by atoms with E-state index in [1.165, 1.54) is 11.1 Å². The highest BCUT2D eigenvalue weighted by Crippen LogP contribution is 2.32. The third-order valence-electron chi connectivity index (χ3n) is 3.47. The molecule has 0 saturated carbocycles. The summed E-state index contributed by atoms with van der Waals surface area (Å²) in [5, 5.41) is 2.70. The molecule has 1 N–H and O–H groups in total. The van der Waals surface area contributed by atoms with E-state index in [4.69, 9.17) is 0 Å². The molecule has 0 fully saturated rings. The van der Waals surface area contributed by atoms with Crippen LogP contribution in [0.5, 0.6) is 0 Å². The maximum Gasteiger partial charge on any atom is 0.239 e. The average Bonchev–Trinajstić information content (AvgIpc) is 2.37. The van der Waals surface area contributed by atoms with Crippen LogP contribution in [0.1, 0.15) is 13.3 Å². The van der Waals surface area contributed by atoms with Crippen molar-refractivity contribution in [3.8, 4) is 0 Å². The standard InChI is InChI=1S/C14H15N3O/c1-8-3-4-9-7-12-11(6-10(9)5-8)13(18)17-14(15-2)16-12/h3-4,6-8,11H,5H2,1-2H3,(H,15,17,18). The molecular weight excluding hydrogens is 226 g/mol. The highest BCUT2D eigenvalue weighted by molar-refractivity contribution is 6.23. The van der Waals surface area contributed by atoms with Crippen molar-refractivity contribution < 1.29 is 4.79 Å². The fourth-order valence-electron chi connectivity index (χ4n) is 2.50. The molecule has 1 aliphatic heterocycles. The summed E-state index contributed by atoms with van der Waals surface area (Å²) in [5.74, 6) is 0.637. The van der Waals surface area contributed by atoms with E-state index >= 15 is 0 Å². The number of hydrogen-bond donors (Lipinski definition) is 1. The third-order valence-corrected chi connectivity index (χ3v) is 3.47. The zero-order valence-electron chi connectivity index (χ0n) is 10.5. The predicted molar refractivity (Wildman–Crippen MR) is 71.5 cm³/mol. The van der Waals surface area contributed by atoms with E-state index in [-0.39, 0.29) is 11.8 Å². The molecule has 1 heterocycles. The summed E-state index contributed by atoms with van der Waals surface area (Å²) in [7, 11) is 1.62. The van der Waals surface area contributed by atoms with Crippen molar-refractivity contribution >= 4 is 17.6 Å². The normalized spacial score (nSPS) is 32.0. The van der Waals surface area contributed by atoms with Gasteiger partial charge in [0.05, 0.1) is 11.6 Å².